The zero-order chi connectivity index (χ0) is 48.0. The lowest BCUT2D eigenvalue weighted by molar-refractivity contribution is -0.384. The van der Waals surface area contributed by atoms with Crippen LogP contribution in [0.25, 0.3) is 16.6 Å². The molecule has 3 aromatic carbocycles. The summed E-state index contributed by atoms with van der Waals surface area (Å²) in [5, 5.41) is 16.6. The van der Waals surface area contributed by atoms with E-state index in [1.165, 1.54) is 46.7 Å². The van der Waals surface area contributed by atoms with Crippen LogP contribution in [0.4, 0.5) is 37.2 Å². The van der Waals surface area contributed by atoms with Gasteiger partial charge in [0.15, 0.2) is 6.10 Å². The Morgan fingerprint density at radius 3 is 2.49 bits per heavy atom. The number of pyridine rings is 1. The summed E-state index contributed by atoms with van der Waals surface area (Å²) in [6.45, 7) is 9.92. The van der Waals surface area contributed by atoms with Crippen molar-refractivity contribution in [2.24, 2.45) is 11.3 Å². The maximum Gasteiger partial charge on any atom is 0.301 e. The highest BCUT2D eigenvalue weighted by atomic mass is 35.5. The minimum Gasteiger partial charge on any atom is -0.467 e. The Morgan fingerprint density at radius 1 is 1.00 bits per heavy atom. The molecule has 19 heteroatoms. The van der Waals surface area contributed by atoms with Gasteiger partial charge in [-0.3, -0.25) is 19.8 Å². The molecule has 1 amide bonds. The molecule has 2 aromatic heterocycles. The summed E-state index contributed by atoms with van der Waals surface area (Å²) in [6, 6.07) is 19.5. The lowest BCUT2D eigenvalue weighted by Crippen LogP contribution is -2.47. The molecule has 5 aromatic rings. The number of amides is 1. The van der Waals surface area contributed by atoms with E-state index in [1.54, 1.807) is 30.5 Å². The Labute approximate surface area is 399 Å². The van der Waals surface area contributed by atoms with Crippen LogP contribution < -0.4 is 24.6 Å². The van der Waals surface area contributed by atoms with Gasteiger partial charge in [0.2, 0.25) is 5.88 Å². The topological polar surface area (TPSA) is 175 Å². The number of nitrogens with zero attached hydrogens (tertiary/aromatic N) is 5. The molecule has 0 bridgehead atoms. The van der Waals surface area contributed by atoms with Crippen molar-refractivity contribution < 1.29 is 36.4 Å². The molecular formula is C49H55ClF2N8O7S. The number of aromatic amines is 1. The predicted molar refractivity (Wildman–Crippen MR) is 259 cm³/mol. The average Bonchev–Trinajstić information content (AvgIpc) is 3.75. The molecule has 5 heterocycles. The number of nitrogens with one attached hydrogen (secondary N) is 3. The van der Waals surface area contributed by atoms with E-state index in [1.807, 2.05) is 12.1 Å². The molecule has 1 unspecified atom stereocenters. The smallest absolute Gasteiger partial charge is 0.301 e. The van der Waals surface area contributed by atoms with Crippen molar-refractivity contribution in [3.05, 3.63) is 111 Å². The number of halogens is 3. The van der Waals surface area contributed by atoms with Gasteiger partial charge in [-0.05, 0) is 116 Å². The summed E-state index contributed by atoms with van der Waals surface area (Å²) >= 11 is 6.26. The fourth-order valence-corrected chi connectivity index (χ4v) is 10.7. The summed E-state index contributed by atoms with van der Waals surface area (Å²) in [5.41, 5.74) is 4.72. The number of anilines is 4. The number of carbonyl (C=O) groups is 1. The van der Waals surface area contributed by atoms with E-state index in [0.717, 1.165) is 44.7 Å². The van der Waals surface area contributed by atoms with Crippen molar-refractivity contribution in [3.8, 4) is 5.88 Å². The van der Waals surface area contributed by atoms with Crippen molar-refractivity contribution in [1.82, 2.24) is 19.6 Å². The first-order valence-corrected chi connectivity index (χ1v) is 24.8. The van der Waals surface area contributed by atoms with Gasteiger partial charge in [-0.15, -0.1) is 0 Å². The van der Waals surface area contributed by atoms with Crippen molar-refractivity contribution >= 4 is 72.6 Å². The largest absolute Gasteiger partial charge is 0.467 e. The molecule has 2 saturated heterocycles. The SMILES string of the molecule is CC1Oc2nc3[nH]ccc3cc2N(c2cc(N3CCN(CC4=C(c5ccc(Cl)cc5)CC(C)(C)CC4)CC3)ccc2C(=O)NS(=O)(=O)c2ccc(NCC3CCOCC3)c([N+](=O)[O-])c2)CC1(F)F. The minimum atomic E-state index is -4.74. The first-order chi connectivity index (χ1) is 32.4. The van der Waals surface area contributed by atoms with Crippen LogP contribution in [0, 0.1) is 21.4 Å². The number of nitro groups is 1. The molecule has 0 radical (unpaired) electrons. The molecule has 3 N–H and O–H groups in total. The van der Waals surface area contributed by atoms with E-state index in [4.69, 9.17) is 21.1 Å². The number of allylic oxidation sites excluding steroid dienone is 1. The molecule has 3 aliphatic heterocycles. The van der Waals surface area contributed by atoms with Crippen LogP contribution in [0.1, 0.15) is 68.8 Å². The molecular weight excluding hydrogens is 918 g/mol. The monoisotopic (exact) mass is 972 g/mol. The molecule has 1 aliphatic carbocycles. The van der Waals surface area contributed by atoms with E-state index in [-0.39, 0.29) is 39.8 Å². The average molecular weight is 974 g/mol. The molecule has 1 atom stereocenters. The predicted octanol–water partition coefficient (Wildman–Crippen LogP) is 9.42. The van der Waals surface area contributed by atoms with E-state index in [9.17, 15) is 23.3 Å². The summed E-state index contributed by atoms with van der Waals surface area (Å²) in [6.07, 6.45) is 4.63. The molecule has 4 aliphatic rings. The lowest BCUT2D eigenvalue weighted by Gasteiger charge is -2.39. The summed E-state index contributed by atoms with van der Waals surface area (Å²) in [4.78, 5) is 38.8. The number of alkyl halides is 2. The van der Waals surface area contributed by atoms with Crippen LogP contribution in [0.2, 0.25) is 5.02 Å². The Bertz CT molecular complexity index is 2860. The second kappa shape index (κ2) is 18.9. The zero-order valence-electron chi connectivity index (χ0n) is 38.2. The maximum atomic E-state index is 16.2. The van der Waals surface area contributed by atoms with Gasteiger partial charge in [0.1, 0.15) is 17.0 Å². The van der Waals surface area contributed by atoms with Crippen LogP contribution in [-0.4, -0.2) is 105 Å². The first-order valence-electron chi connectivity index (χ1n) is 23.0. The van der Waals surface area contributed by atoms with Crippen LogP contribution in [0.15, 0.2) is 89.5 Å². The standard InChI is InChI=1S/C49H55ClF2N8O7S/c1-31-49(51,52)30-59(44-24-34-13-17-53-45(34)55-47(44)67-31)42-25-37(58-20-18-57(19-21-58)29-35-12-16-48(2,3)27-40(35)33-4-6-36(50)7-5-33)8-10-39(42)46(61)56-68(64,65)38-9-11-41(43(26-38)60(62)63)54-28-32-14-22-66-23-15-32/h4-11,13,17,24-26,31-32,54H,12,14-16,18-23,27-30H2,1-3H3,(H,53,55)(H,56,61). The molecule has 0 spiro atoms. The number of hydrogen-bond acceptors (Lipinski definition) is 12. The Kier molecular flexibility index (Phi) is 13.2. The van der Waals surface area contributed by atoms with Gasteiger partial charge < -0.3 is 29.6 Å². The zero-order valence-corrected chi connectivity index (χ0v) is 39.8. The first kappa shape index (κ1) is 47.3. The third kappa shape index (κ3) is 10.1. The number of H-pyrrole nitrogens is 1. The number of fused-ring (bicyclic) bond motifs is 2. The molecule has 9 rings (SSSR count). The number of piperazine rings is 1. The fourth-order valence-electron chi connectivity index (χ4n) is 9.58. The Hall–Kier alpha value is -5.82. The lowest BCUT2D eigenvalue weighted by atomic mass is 9.72. The van der Waals surface area contributed by atoms with E-state index < -0.39 is 50.0 Å². The highest BCUT2D eigenvalue weighted by Gasteiger charge is 2.45. The van der Waals surface area contributed by atoms with Gasteiger partial charge >= 0.3 is 5.92 Å². The van der Waals surface area contributed by atoms with E-state index >= 15 is 8.78 Å². The number of rotatable bonds is 12. The quantitative estimate of drug-likeness (QED) is 0.0799. The van der Waals surface area contributed by atoms with Gasteiger partial charge in [-0.1, -0.05) is 43.2 Å². The second-order valence-electron chi connectivity index (χ2n) is 19.0. The third-order valence-corrected chi connectivity index (χ3v) is 15.3. The number of aromatic nitrogens is 2. The van der Waals surface area contributed by atoms with Gasteiger partial charge in [0.05, 0.1) is 27.6 Å². The number of nitro benzene ring substituents is 1. The van der Waals surface area contributed by atoms with Crippen molar-refractivity contribution in [1.29, 1.82) is 0 Å². The summed E-state index contributed by atoms with van der Waals surface area (Å²) in [5.74, 6) is -4.47. The van der Waals surface area contributed by atoms with Gasteiger partial charge in [-0.25, -0.2) is 21.9 Å². The van der Waals surface area contributed by atoms with Gasteiger partial charge in [0.25, 0.3) is 21.6 Å². The molecule has 15 nitrogen and oxygen atoms in total. The maximum absolute atomic E-state index is 16.2. The number of sulfonamides is 1. The van der Waals surface area contributed by atoms with Gasteiger partial charge in [-0.2, -0.15) is 4.98 Å². The van der Waals surface area contributed by atoms with Crippen LogP contribution in [0.3, 0.4) is 0 Å². The molecule has 0 saturated carbocycles. The van der Waals surface area contributed by atoms with Crippen LogP contribution in [0.5, 0.6) is 5.88 Å². The fraction of sp³-hybridized carbons (Fsp3) is 0.429. The number of benzene rings is 3. The van der Waals surface area contributed by atoms with E-state index in [2.05, 4.69) is 55.8 Å². The number of ether oxygens (including phenoxy) is 2. The number of carbonyl (C=O) groups excluding carboxylic acids is 1. The van der Waals surface area contributed by atoms with Crippen molar-refractivity contribution in [2.45, 2.75) is 69.8 Å². The molecule has 68 heavy (non-hydrogen) atoms. The normalized spacial score (nSPS) is 20.1. The summed E-state index contributed by atoms with van der Waals surface area (Å²) < 4.78 is 73.5. The third-order valence-electron chi connectivity index (χ3n) is 13.7. The van der Waals surface area contributed by atoms with Crippen LogP contribution >= 0.6 is 11.6 Å². The van der Waals surface area contributed by atoms with Crippen molar-refractivity contribution in [3.63, 3.8) is 0 Å². The second-order valence-corrected chi connectivity index (χ2v) is 21.2. The Morgan fingerprint density at radius 2 is 1.75 bits per heavy atom. The molecule has 2 fully saturated rings. The van der Waals surface area contributed by atoms with Gasteiger partial charge in [0, 0.05) is 80.8 Å². The van der Waals surface area contributed by atoms with E-state index in [0.29, 0.717) is 67.7 Å². The Balaban J connectivity index is 1.02. The highest BCUT2D eigenvalue weighted by molar-refractivity contribution is 7.90. The summed E-state index contributed by atoms with van der Waals surface area (Å²) in [7, 11) is -4.74. The van der Waals surface area contributed by atoms with Crippen LogP contribution in [-0.2, 0) is 14.8 Å². The highest BCUT2D eigenvalue weighted by Crippen LogP contribution is 2.46. The number of hydrogen-bond donors (Lipinski definition) is 3. The van der Waals surface area contributed by atoms with Crippen molar-refractivity contribution in [2.75, 3.05) is 74.1 Å². The molecule has 360 valence electrons. The minimum absolute atomic E-state index is 0.00540.